The predicted octanol–water partition coefficient (Wildman–Crippen LogP) is 2.89. The molecule has 0 aliphatic carbocycles. The first-order valence-electron chi connectivity index (χ1n) is 5.20. The molecular formula is C11H14Cl2N2O2. The molecule has 1 atom stereocenters. The van der Waals surface area contributed by atoms with E-state index < -0.39 is 6.03 Å². The molecule has 1 rings (SSSR count). The van der Waals surface area contributed by atoms with Crippen molar-refractivity contribution in [2.75, 3.05) is 11.9 Å². The minimum atomic E-state index is -0.421. The number of carbonyl (C=O) groups excluding carboxylic acids is 1. The first kappa shape index (κ1) is 14.1. The molecule has 0 aliphatic heterocycles. The second kappa shape index (κ2) is 6.69. The fraction of sp³-hybridized carbons (Fsp3) is 0.364. The van der Waals surface area contributed by atoms with Gasteiger partial charge in [-0.15, -0.1) is 0 Å². The van der Waals surface area contributed by atoms with Crippen LogP contribution in [0.1, 0.15) is 13.3 Å². The Kier molecular flexibility index (Phi) is 5.55. The van der Waals surface area contributed by atoms with Crippen LogP contribution in [0.25, 0.3) is 0 Å². The first-order valence-corrected chi connectivity index (χ1v) is 5.95. The Bertz CT molecular complexity index is 395. The SMILES string of the molecule is CCC(CO)NC(=O)Nc1cc(Cl)ccc1Cl. The van der Waals surface area contributed by atoms with Gasteiger partial charge >= 0.3 is 6.03 Å². The molecule has 4 nitrogen and oxygen atoms in total. The van der Waals surface area contributed by atoms with E-state index in [1.807, 2.05) is 6.92 Å². The van der Waals surface area contributed by atoms with Gasteiger partial charge in [-0.2, -0.15) is 0 Å². The molecule has 0 saturated carbocycles. The van der Waals surface area contributed by atoms with Crippen LogP contribution in [-0.4, -0.2) is 23.8 Å². The fourth-order valence-electron chi connectivity index (χ4n) is 1.21. The summed E-state index contributed by atoms with van der Waals surface area (Å²) in [5.74, 6) is 0. The van der Waals surface area contributed by atoms with Crippen LogP contribution >= 0.6 is 23.2 Å². The summed E-state index contributed by atoms with van der Waals surface area (Å²) in [4.78, 5) is 11.6. The van der Waals surface area contributed by atoms with Crippen LogP contribution in [0.15, 0.2) is 18.2 Å². The van der Waals surface area contributed by atoms with Gasteiger partial charge in [-0.3, -0.25) is 0 Å². The molecule has 0 aliphatic rings. The number of rotatable bonds is 4. The van der Waals surface area contributed by atoms with Crippen LogP contribution < -0.4 is 10.6 Å². The third-order valence-electron chi connectivity index (χ3n) is 2.23. The minimum Gasteiger partial charge on any atom is -0.394 e. The molecule has 0 radical (unpaired) electrons. The highest BCUT2D eigenvalue weighted by Crippen LogP contribution is 2.25. The normalized spacial score (nSPS) is 12.0. The zero-order valence-electron chi connectivity index (χ0n) is 9.34. The molecule has 1 aromatic rings. The van der Waals surface area contributed by atoms with Gasteiger partial charge in [-0.1, -0.05) is 30.1 Å². The highest BCUT2D eigenvalue weighted by atomic mass is 35.5. The lowest BCUT2D eigenvalue weighted by atomic mass is 10.2. The van der Waals surface area contributed by atoms with Crippen LogP contribution in [0.3, 0.4) is 0 Å². The van der Waals surface area contributed by atoms with Crippen molar-refractivity contribution in [1.82, 2.24) is 5.32 Å². The quantitative estimate of drug-likeness (QED) is 0.792. The van der Waals surface area contributed by atoms with Crippen molar-refractivity contribution < 1.29 is 9.90 Å². The molecule has 1 aromatic carbocycles. The molecule has 94 valence electrons. The summed E-state index contributed by atoms with van der Waals surface area (Å²) in [6.07, 6.45) is 0.646. The van der Waals surface area contributed by atoms with Gasteiger partial charge in [0.05, 0.1) is 23.4 Å². The number of urea groups is 1. The number of aliphatic hydroxyl groups excluding tert-OH is 1. The third-order valence-corrected chi connectivity index (χ3v) is 2.79. The maximum atomic E-state index is 11.6. The number of hydrogen-bond acceptors (Lipinski definition) is 2. The van der Waals surface area contributed by atoms with E-state index in [0.29, 0.717) is 22.2 Å². The number of carbonyl (C=O) groups is 1. The number of halogens is 2. The molecule has 3 N–H and O–H groups in total. The second-order valence-corrected chi connectivity index (χ2v) is 4.35. The predicted molar refractivity (Wildman–Crippen MR) is 69.8 cm³/mol. The van der Waals surface area contributed by atoms with Gasteiger partial charge in [-0.25, -0.2) is 4.79 Å². The number of nitrogens with one attached hydrogen (secondary N) is 2. The molecule has 0 spiro atoms. The van der Waals surface area contributed by atoms with E-state index in [1.54, 1.807) is 18.2 Å². The molecule has 0 saturated heterocycles. The average molecular weight is 277 g/mol. The Balaban J connectivity index is 2.64. The smallest absolute Gasteiger partial charge is 0.319 e. The summed E-state index contributed by atoms with van der Waals surface area (Å²) in [7, 11) is 0. The van der Waals surface area contributed by atoms with Crippen molar-refractivity contribution in [2.24, 2.45) is 0 Å². The molecule has 2 amide bonds. The van der Waals surface area contributed by atoms with E-state index in [4.69, 9.17) is 28.3 Å². The summed E-state index contributed by atoms with van der Waals surface area (Å²) >= 11 is 11.7. The molecule has 6 heteroatoms. The van der Waals surface area contributed by atoms with Crippen molar-refractivity contribution in [3.63, 3.8) is 0 Å². The summed E-state index contributed by atoms with van der Waals surface area (Å²) in [5.41, 5.74) is 0.435. The molecule has 0 bridgehead atoms. The lowest BCUT2D eigenvalue weighted by Crippen LogP contribution is -2.39. The molecule has 0 fully saturated rings. The van der Waals surface area contributed by atoms with Crippen molar-refractivity contribution in [1.29, 1.82) is 0 Å². The summed E-state index contributed by atoms with van der Waals surface area (Å²) < 4.78 is 0. The fourth-order valence-corrected chi connectivity index (χ4v) is 1.55. The maximum Gasteiger partial charge on any atom is 0.319 e. The van der Waals surface area contributed by atoms with Gasteiger partial charge in [0.15, 0.2) is 0 Å². The van der Waals surface area contributed by atoms with E-state index in [-0.39, 0.29) is 12.6 Å². The van der Waals surface area contributed by atoms with E-state index in [1.165, 1.54) is 0 Å². The van der Waals surface area contributed by atoms with Gasteiger partial charge in [-0.05, 0) is 24.6 Å². The number of aliphatic hydroxyl groups is 1. The third kappa shape index (κ3) is 4.42. The maximum absolute atomic E-state index is 11.6. The number of anilines is 1. The Morgan fingerprint density at radius 2 is 2.18 bits per heavy atom. The van der Waals surface area contributed by atoms with Gasteiger partial charge in [0, 0.05) is 5.02 Å². The van der Waals surface area contributed by atoms with Crippen molar-refractivity contribution in [3.05, 3.63) is 28.2 Å². The number of benzene rings is 1. The zero-order chi connectivity index (χ0) is 12.8. The van der Waals surface area contributed by atoms with Crippen LogP contribution in [0.2, 0.25) is 10.0 Å². The molecule has 0 aromatic heterocycles. The average Bonchev–Trinajstić information content (AvgIpc) is 2.31. The molecular weight excluding hydrogens is 263 g/mol. The molecule has 1 unspecified atom stereocenters. The number of amides is 2. The van der Waals surface area contributed by atoms with Crippen molar-refractivity contribution in [3.8, 4) is 0 Å². The Morgan fingerprint density at radius 1 is 1.47 bits per heavy atom. The number of hydrogen-bond donors (Lipinski definition) is 3. The van der Waals surface area contributed by atoms with Crippen LogP contribution in [0.4, 0.5) is 10.5 Å². The zero-order valence-corrected chi connectivity index (χ0v) is 10.8. The van der Waals surface area contributed by atoms with Crippen molar-refractivity contribution in [2.45, 2.75) is 19.4 Å². The van der Waals surface area contributed by atoms with Crippen molar-refractivity contribution >= 4 is 34.9 Å². The Morgan fingerprint density at radius 3 is 2.76 bits per heavy atom. The van der Waals surface area contributed by atoms with E-state index in [0.717, 1.165) is 0 Å². The lowest BCUT2D eigenvalue weighted by molar-refractivity contribution is 0.222. The highest BCUT2D eigenvalue weighted by Gasteiger charge is 2.10. The first-order chi connectivity index (χ1) is 8.06. The van der Waals surface area contributed by atoms with Gasteiger partial charge in [0.25, 0.3) is 0 Å². The topological polar surface area (TPSA) is 61.4 Å². The largest absolute Gasteiger partial charge is 0.394 e. The highest BCUT2D eigenvalue weighted by molar-refractivity contribution is 6.35. The van der Waals surface area contributed by atoms with Gasteiger partial charge < -0.3 is 15.7 Å². The summed E-state index contributed by atoms with van der Waals surface area (Å²) in [5, 5.41) is 15.0. The summed E-state index contributed by atoms with van der Waals surface area (Å²) in [6, 6.07) is 4.10. The van der Waals surface area contributed by atoms with E-state index in [2.05, 4.69) is 10.6 Å². The van der Waals surface area contributed by atoms with Crippen LogP contribution in [0, 0.1) is 0 Å². The lowest BCUT2D eigenvalue weighted by Gasteiger charge is -2.15. The van der Waals surface area contributed by atoms with Crippen LogP contribution in [0.5, 0.6) is 0 Å². The van der Waals surface area contributed by atoms with Gasteiger partial charge in [0.2, 0.25) is 0 Å². The molecule has 0 heterocycles. The standard InChI is InChI=1S/C11H14Cl2N2O2/c1-2-8(6-16)14-11(17)15-10-5-7(12)3-4-9(10)13/h3-5,8,16H,2,6H2,1H3,(H2,14,15,17). The second-order valence-electron chi connectivity index (χ2n) is 3.51. The van der Waals surface area contributed by atoms with E-state index >= 15 is 0 Å². The minimum absolute atomic E-state index is 0.104. The summed E-state index contributed by atoms with van der Waals surface area (Å²) in [6.45, 7) is 1.76. The van der Waals surface area contributed by atoms with Crippen LogP contribution in [-0.2, 0) is 0 Å². The van der Waals surface area contributed by atoms with E-state index in [9.17, 15) is 4.79 Å². The Hall–Kier alpha value is -0.970. The Labute approximate surface area is 110 Å². The monoisotopic (exact) mass is 276 g/mol. The van der Waals surface area contributed by atoms with Gasteiger partial charge in [0.1, 0.15) is 0 Å². The molecule has 17 heavy (non-hydrogen) atoms.